The molecule has 122 valence electrons. The van der Waals surface area contributed by atoms with Crippen molar-refractivity contribution in [2.45, 2.75) is 34.1 Å². The van der Waals surface area contributed by atoms with E-state index in [2.05, 4.69) is 20.8 Å². The van der Waals surface area contributed by atoms with Gasteiger partial charge in [-0.25, -0.2) is 4.79 Å². The molecule has 1 aromatic rings. The first-order chi connectivity index (χ1) is 10.2. The smallest absolute Gasteiger partial charge is 0.420 e. The average Bonchev–Trinajstić information content (AvgIpc) is 2.43. The summed E-state index contributed by atoms with van der Waals surface area (Å²) in [5.74, 6) is 1.01. The Labute approximate surface area is 134 Å². The zero-order valence-corrected chi connectivity index (χ0v) is 15.2. The molecule has 0 aliphatic rings. The Morgan fingerprint density at radius 1 is 1.18 bits per heavy atom. The molecule has 1 aromatic carbocycles. The molecule has 0 heterocycles. The normalized spacial score (nSPS) is 13.5. The summed E-state index contributed by atoms with van der Waals surface area (Å²) in [6.45, 7) is 8.45. The molecule has 0 N–H and O–H groups in total. The minimum absolute atomic E-state index is 0.154. The maximum atomic E-state index is 12.6. The van der Waals surface area contributed by atoms with Gasteiger partial charge in [0.05, 0.1) is 14.2 Å². The lowest BCUT2D eigenvalue weighted by atomic mass is 9.86. The van der Waals surface area contributed by atoms with Crippen LogP contribution in [-0.4, -0.2) is 25.9 Å². The number of ether oxygens (including phenoxy) is 2. The van der Waals surface area contributed by atoms with Gasteiger partial charge >= 0.3 is 13.3 Å². The van der Waals surface area contributed by atoms with Gasteiger partial charge in [-0.05, 0) is 24.0 Å². The molecule has 22 heavy (non-hydrogen) atoms. The van der Waals surface area contributed by atoms with Crippen LogP contribution in [0.1, 0.15) is 44.5 Å². The number of methoxy groups -OCH3 is 2. The highest BCUT2D eigenvalue weighted by atomic mass is 31.1. The van der Waals surface area contributed by atoms with Crippen LogP contribution < -0.4 is 9.47 Å². The molecule has 0 saturated carbocycles. The Morgan fingerprint density at radius 2 is 1.68 bits per heavy atom. The fraction of sp³-hybridized carbons (Fsp3) is 0.588. The Hall–Kier alpha value is -1.41. The van der Waals surface area contributed by atoms with Gasteiger partial charge in [-0.2, -0.15) is 0 Å². The summed E-state index contributed by atoms with van der Waals surface area (Å²) < 4.78 is 22.9. The fourth-order valence-corrected chi connectivity index (χ4v) is 3.99. The SMILES string of the molecule is COc1cccc(OC)c1C(=O)[P+](=O)CC(C)CC(C)(C)C. The molecular formula is C17H26O4P+. The molecule has 0 aliphatic carbocycles. The van der Waals surface area contributed by atoms with Crippen molar-refractivity contribution in [3.05, 3.63) is 23.8 Å². The lowest BCUT2D eigenvalue weighted by Crippen LogP contribution is -2.13. The molecule has 0 saturated heterocycles. The van der Waals surface area contributed by atoms with Crippen LogP contribution in [0, 0.1) is 11.3 Å². The van der Waals surface area contributed by atoms with Crippen LogP contribution in [0.15, 0.2) is 18.2 Å². The van der Waals surface area contributed by atoms with Crippen LogP contribution >= 0.6 is 7.80 Å². The number of carbonyl (C=O) groups is 1. The zero-order chi connectivity index (χ0) is 16.9. The summed E-state index contributed by atoms with van der Waals surface area (Å²) in [4.78, 5) is 12.6. The predicted molar refractivity (Wildman–Crippen MR) is 89.6 cm³/mol. The van der Waals surface area contributed by atoms with E-state index in [-0.39, 0.29) is 16.9 Å². The highest BCUT2D eigenvalue weighted by molar-refractivity contribution is 7.64. The van der Waals surface area contributed by atoms with Crippen molar-refractivity contribution in [2.24, 2.45) is 11.3 Å². The standard InChI is InChI=1S/C17H26O4P/c1-12(10-17(2,3)4)11-22(19)16(18)15-13(20-5)8-7-9-14(15)21-6/h7-9,12H,10-11H2,1-6H3/q+1. The topological polar surface area (TPSA) is 52.6 Å². The molecular weight excluding hydrogens is 299 g/mol. The summed E-state index contributed by atoms with van der Waals surface area (Å²) in [7, 11) is 0.971. The van der Waals surface area contributed by atoms with Gasteiger partial charge < -0.3 is 9.47 Å². The first-order valence-corrected chi connectivity index (χ1v) is 8.84. The van der Waals surface area contributed by atoms with Gasteiger partial charge in [-0.1, -0.05) is 38.3 Å². The van der Waals surface area contributed by atoms with E-state index in [0.717, 1.165) is 6.42 Å². The molecule has 2 unspecified atom stereocenters. The van der Waals surface area contributed by atoms with Crippen molar-refractivity contribution in [1.29, 1.82) is 0 Å². The number of hydrogen-bond donors (Lipinski definition) is 0. The Morgan fingerprint density at radius 3 is 2.09 bits per heavy atom. The molecule has 4 nitrogen and oxygen atoms in total. The van der Waals surface area contributed by atoms with Crippen LogP contribution in [0.4, 0.5) is 0 Å². The van der Waals surface area contributed by atoms with Crippen LogP contribution in [0.3, 0.4) is 0 Å². The van der Waals surface area contributed by atoms with Crippen molar-refractivity contribution in [3.63, 3.8) is 0 Å². The minimum atomic E-state index is -2.00. The minimum Gasteiger partial charge on any atom is -0.496 e. The molecule has 2 atom stereocenters. The summed E-state index contributed by atoms with van der Waals surface area (Å²) in [6.07, 6.45) is 1.30. The van der Waals surface area contributed by atoms with Gasteiger partial charge in [-0.3, -0.25) is 0 Å². The van der Waals surface area contributed by atoms with E-state index in [1.165, 1.54) is 14.2 Å². The van der Waals surface area contributed by atoms with Crippen LogP contribution in [0.5, 0.6) is 11.5 Å². The third-order valence-corrected chi connectivity index (χ3v) is 4.94. The number of rotatable bonds is 7. The monoisotopic (exact) mass is 325 g/mol. The second-order valence-corrected chi connectivity index (χ2v) is 8.30. The number of benzene rings is 1. The summed E-state index contributed by atoms with van der Waals surface area (Å²) in [5.41, 5.74) is 0.0300. The van der Waals surface area contributed by atoms with Crippen LogP contribution in [0.2, 0.25) is 0 Å². The van der Waals surface area contributed by atoms with Gasteiger partial charge in [0, 0.05) is 5.92 Å². The van der Waals surface area contributed by atoms with E-state index in [4.69, 9.17) is 9.47 Å². The largest absolute Gasteiger partial charge is 0.496 e. The van der Waals surface area contributed by atoms with Crippen LogP contribution in [0.25, 0.3) is 0 Å². The maximum Gasteiger partial charge on any atom is 0.420 e. The fourth-order valence-electron chi connectivity index (χ4n) is 2.66. The van der Waals surface area contributed by atoms with E-state index in [0.29, 0.717) is 17.7 Å². The molecule has 0 bridgehead atoms. The lowest BCUT2D eigenvalue weighted by molar-refractivity contribution is 0.107. The highest BCUT2D eigenvalue weighted by Gasteiger charge is 2.37. The van der Waals surface area contributed by atoms with Crippen molar-refractivity contribution < 1.29 is 18.8 Å². The first-order valence-electron chi connectivity index (χ1n) is 7.39. The second kappa shape index (κ2) is 7.73. The molecule has 0 amide bonds. The first kappa shape index (κ1) is 18.6. The van der Waals surface area contributed by atoms with E-state index < -0.39 is 13.3 Å². The summed E-state index contributed by atoms with van der Waals surface area (Å²) in [6, 6.07) is 5.10. The third kappa shape index (κ3) is 5.10. The summed E-state index contributed by atoms with van der Waals surface area (Å²) in [5, 5.41) is 0. The highest BCUT2D eigenvalue weighted by Crippen LogP contribution is 2.39. The van der Waals surface area contributed by atoms with Gasteiger partial charge in [0.25, 0.3) is 0 Å². The predicted octanol–water partition coefficient (Wildman–Crippen LogP) is 4.74. The van der Waals surface area contributed by atoms with E-state index in [1.807, 2.05) is 6.92 Å². The van der Waals surface area contributed by atoms with Crippen molar-refractivity contribution in [3.8, 4) is 11.5 Å². The van der Waals surface area contributed by atoms with Gasteiger partial charge in [-0.15, -0.1) is 0 Å². The van der Waals surface area contributed by atoms with Gasteiger partial charge in [0.2, 0.25) is 0 Å². The molecule has 0 fully saturated rings. The molecule has 0 radical (unpaired) electrons. The Kier molecular flexibility index (Phi) is 6.55. The molecule has 1 rings (SSSR count). The molecule has 0 aliphatic heterocycles. The number of carbonyl (C=O) groups excluding carboxylic acids is 1. The van der Waals surface area contributed by atoms with Gasteiger partial charge in [0.15, 0.2) is 11.7 Å². The molecule has 0 aromatic heterocycles. The average molecular weight is 325 g/mol. The van der Waals surface area contributed by atoms with E-state index in [9.17, 15) is 9.36 Å². The second-order valence-electron chi connectivity index (χ2n) is 6.77. The van der Waals surface area contributed by atoms with E-state index >= 15 is 0 Å². The molecule has 5 heteroatoms. The van der Waals surface area contributed by atoms with Crippen molar-refractivity contribution >= 4 is 13.3 Å². The van der Waals surface area contributed by atoms with Crippen LogP contribution in [-0.2, 0) is 4.57 Å². The zero-order valence-electron chi connectivity index (χ0n) is 14.3. The Balaban J connectivity index is 2.94. The quantitative estimate of drug-likeness (QED) is 0.679. The molecule has 0 spiro atoms. The maximum absolute atomic E-state index is 12.6. The van der Waals surface area contributed by atoms with Crippen molar-refractivity contribution in [2.75, 3.05) is 20.4 Å². The lowest BCUT2D eigenvalue weighted by Gasteiger charge is -2.20. The third-order valence-electron chi connectivity index (χ3n) is 3.31. The van der Waals surface area contributed by atoms with Gasteiger partial charge in [0.1, 0.15) is 11.5 Å². The van der Waals surface area contributed by atoms with Crippen molar-refractivity contribution in [1.82, 2.24) is 0 Å². The van der Waals surface area contributed by atoms with E-state index in [1.54, 1.807) is 18.2 Å². The Bertz CT molecular complexity index is 524. The number of hydrogen-bond acceptors (Lipinski definition) is 4. The summed E-state index contributed by atoms with van der Waals surface area (Å²) >= 11 is 0.